The van der Waals surface area contributed by atoms with Crippen molar-refractivity contribution in [3.05, 3.63) is 70.4 Å². The van der Waals surface area contributed by atoms with Crippen molar-refractivity contribution in [3.63, 3.8) is 0 Å². The first-order valence-corrected chi connectivity index (χ1v) is 11.6. The molecule has 2 amide bonds. The molecule has 3 N–H and O–H groups in total. The summed E-state index contributed by atoms with van der Waals surface area (Å²) in [5.74, 6) is -2.13. The van der Waals surface area contributed by atoms with Crippen LogP contribution in [0.15, 0.2) is 60.0 Å². The fourth-order valence-corrected chi connectivity index (χ4v) is 4.47. The molecule has 0 aliphatic rings. The molecular formula is C25H26N2O5S. The minimum Gasteiger partial charge on any atom is -0.481 e. The Morgan fingerprint density at radius 3 is 2.48 bits per heavy atom. The predicted molar refractivity (Wildman–Crippen MR) is 127 cm³/mol. The summed E-state index contributed by atoms with van der Waals surface area (Å²) in [6, 6.07) is 16.1. The zero-order chi connectivity index (χ0) is 23.6. The van der Waals surface area contributed by atoms with Gasteiger partial charge >= 0.3 is 5.97 Å². The molecule has 2 aromatic carbocycles. The van der Waals surface area contributed by atoms with Crippen molar-refractivity contribution in [1.82, 2.24) is 10.6 Å². The highest BCUT2D eigenvalue weighted by molar-refractivity contribution is 7.10. The molecule has 0 fully saturated rings. The third-order valence-corrected chi connectivity index (χ3v) is 6.29. The number of carbonyl (C=O) groups excluding carboxylic acids is 3. The summed E-state index contributed by atoms with van der Waals surface area (Å²) in [5, 5.41) is 18.3. The largest absolute Gasteiger partial charge is 0.481 e. The van der Waals surface area contributed by atoms with E-state index in [2.05, 4.69) is 10.6 Å². The van der Waals surface area contributed by atoms with Gasteiger partial charge in [0.25, 0.3) is 5.91 Å². The number of hydrogen-bond donors (Lipinski definition) is 3. The molecule has 3 aromatic rings. The van der Waals surface area contributed by atoms with Gasteiger partial charge in [-0.05, 0) is 47.2 Å². The Hall–Kier alpha value is -3.52. The van der Waals surface area contributed by atoms with Gasteiger partial charge in [-0.3, -0.25) is 14.4 Å². The van der Waals surface area contributed by atoms with E-state index < -0.39 is 24.3 Å². The van der Waals surface area contributed by atoms with Gasteiger partial charge in [-0.15, -0.1) is 11.3 Å². The highest BCUT2D eigenvalue weighted by atomic mass is 32.1. The average Bonchev–Trinajstić information content (AvgIpc) is 3.34. The summed E-state index contributed by atoms with van der Waals surface area (Å²) in [4.78, 5) is 48.0. The lowest BCUT2D eigenvalue weighted by molar-refractivity contribution is -0.138. The monoisotopic (exact) mass is 466 g/mol. The molecule has 0 bridgehead atoms. The van der Waals surface area contributed by atoms with Gasteiger partial charge in [-0.25, -0.2) is 0 Å². The first-order valence-electron chi connectivity index (χ1n) is 10.8. The maximum Gasteiger partial charge on any atom is 0.305 e. The molecule has 0 saturated carbocycles. The van der Waals surface area contributed by atoms with Gasteiger partial charge in [0.15, 0.2) is 0 Å². The van der Waals surface area contributed by atoms with Crippen LogP contribution in [0, 0.1) is 0 Å². The maximum absolute atomic E-state index is 12.7. The third-order valence-electron chi connectivity index (χ3n) is 5.31. The van der Waals surface area contributed by atoms with Gasteiger partial charge in [0.1, 0.15) is 6.29 Å². The number of benzene rings is 2. The van der Waals surface area contributed by atoms with Gasteiger partial charge in [0.2, 0.25) is 5.91 Å². The van der Waals surface area contributed by atoms with Crippen LogP contribution in [0.3, 0.4) is 0 Å². The highest BCUT2D eigenvalue weighted by Crippen LogP contribution is 2.27. The van der Waals surface area contributed by atoms with Crippen molar-refractivity contribution in [2.45, 2.75) is 37.6 Å². The van der Waals surface area contributed by atoms with E-state index in [1.807, 2.05) is 53.9 Å². The Kier molecular flexibility index (Phi) is 8.71. The Labute approximate surface area is 195 Å². The average molecular weight is 467 g/mol. The second kappa shape index (κ2) is 11.9. The standard InChI is InChI=1S/C25H26N2O5S/c28-16-20(15-23(29)30)27-25(32)21(22-9-5-13-33-22)8-3-4-12-26-24(31)19-11-10-17-6-1-2-7-18(17)14-19/h1-2,5-7,9-11,13-14,16,20-21H,3-4,8,12,15H2,(H,26,31)(H,27,32)(H,29,30)/t20-,21?/m0/s1. The molecular weight excluding hydrogens is 440 g/mol. The molecule has 1 unspecified atom stereocenters. The Morgan fingerprint density at radius 1 is 1.00 bits per heavy atom. The number of carboxylic acid groups (broad SMARTS) is 1. The number of aliphatic carboxylic acids is 1. The third kappa shape index (κ3) is 6.98. The lowest BCUT2D eigenvalue weighted by Crippen LogP contribution is -2.40. The zero-order valence-corrected chi connectivity index (χ0v) is 18.8. The predicted octanol–water partition coefficient (Wildman–Crippen LogP) is 3.74. The number of carboxylic acids is 1. The number of amides is 2. The Morgan fingerprint density at radius 2 is 1.79 bits per heavy atom. The first-order chi connectivity index (χ1) is 16.0. The van der Waals surface area contributed by atoms with E-state index in [1.165, 1.54) is 11.3 Å². The quantitative estimate of drug-likeness (QED) is 0.278. The second-order valence-electron chi connectivity index (χ2n) is 7.73. The van der Waals surface area contributed by atoms with E-state index in [0.29, 0.717) is 37.7 Å². The topological polar surface area (TPSA) is 113 Å². The smallest absolute Gasteiger partial charge is 0.305 e. The van der Waals surface area contributed by atoms with Crippen LogP contribution in [-0.2, 0) is 14.4 Å². The van der Waals surface area contributed by atoms with Crippen molar-refractivity contribution in [1.29, 1.82) is 0 Å². The molecule has 0 aliphatic heterocycles. The molecule has 2 atom stereocenters. The number of unbranched alkanes of at least 4 members (excludes halogenated alkanes) is 1. The summed E-state index contributed by atoms with van der Waals surface area (Å²) in [5.41, 5.74) is 0.600. The maximum atomic E-state index is 12.7. The number of fused-ring (bicyclic) bond motifs is 1. The molecule has 0 aliphatic carbocycles. The van der Waals surface area contributed by atoms with Crippen molar-refractivity contribution in [3.8, 4) is 0 Å². The summed E-state index contributed by atoms with van der Waals surface area (Å²) >= 11 is 1.44. The summed E-state index contributed by atoms with van der Waals surface area (Å²) in [6.07, 6.45) is 1.88. The van der Waals surface area contributed by atoms with Crippen LogP contribution >= 0.6 is 11.3 Å². The molecule has 8 heteroatoms. The van der Waals surface area contributed by atoms with Crippen LogP contribution in [0.1, 0.15) is 46.8 Å². The normalized spacial score (nSPS) is 12.6. The molecule has 0 saturated heterocycles. The van der Waals surface area contributed by atoms with Gasteiger partial charge in [-0.2, -0.15) is 0 Å². The van der Waals surface area contributed by atoms with Gasteiger partial charge in [0, 0.05) is 17.0 Å². The summed E-state index contributed by atoms with van der Waals surface area (Å²) in [7, 11) is 0. The lowest BCUT2D eigenvalue weighted by atomic mass is 9.98. The van der Waals surface area contributed by atoms with Crippen LogP contribution in [0.4, 0.5) is 0 Å². The molecule has 0 radical (unpaired) electrons. The fraction of sp³-hybridized carbons (Fsp3) is 0.280. The fourth-order valence-electron chi connectivity index (χ4n) is 3.60. The number of rotatable bonds is 12. The van der Waals surface area contributed by atoms with Crippen LogP contribution in [0.25, 0.3) is 10.8 Å². The van der Waals surface area contributed by atoms with Gasteiger partial charge in [0.05, 0.1) is 18.4 Å². The van der Waals surface area contributed by atoms with E-state index in [-0.39, 0.29) is 11.8 Å². The van der Waals surface area contributed by atoms with Gasteiger partial charge < -0.3 is 20.5 Å². The van der Waals surface area contributed by atoms with Crippen LogP contribution in [-0.4, -0.2) is 41.8 Å². The minimum atomic E-state index is -1.15. The summed E-state index contributed by atoms with van der Waals surface area (Å²) < 4.78 is 0. The zero-order valence-electron chi connectivity index (χ0n) is 18.0. The number of carbonyl (C=O) groups is 4. The van der Waals surface area contributed by atoms with E-state index >= 15 is 0 Å². The molecule has 3 rings (SSSR count). The molecule has 1 aromatic heterocycles. The summed E-state index contributed by atoms with van der Waals surface area (Å²) in [6.45, 7) is 0.473. The lowest BCUT2D eigenvalue weighted by Gasteiger charge is -2.18. The van der Waals surface area contributed by atoms with Crippen molar-refractivity contribution >= 4 is 46.2 Å². The SMILES string of the molecule is O=C[C@H](CC(=O)O)NC(=O)C(CCCCNC(=O)c1ccc2ccccc2c1)c1cccs1. The molecule has 172 valence electrons. The number of nitrogens with one attached hydrogen (secondary N) is 2. The molecule has 7 nitrogen and oxygen atoms in total. The molecule has 0 spiro atoms. The van der Waals surface area contributed by atoms with Crippen LogP contribution in [0.5, 0.6) is 0 Å². The van der Waals surface area contributed by atoms with E-state index in [0.717, 1.165) is 15.6 Å². The number of aldehydes is 1. The molecule has 33 heavy (non-hydrogen) atoms. The highest BCUT2D eigenvalue weighted by Gasteiger charge is 2.24. The van der Waals surface area contributed by atoms with Gasteiger partial charge in [-0.1, -0.05) is 42.8 Å². The number of hydrogen-bond acceptors (Lipinski definition) is 5. The Balaban J connectivity index is 1.50. The number of thiophene rings is 1. The van der Waals surface area contributed by atoms with Crippen LogP contribution < -0.4 is 10.6 Å². The van der Waals surface area contributed by atoms with Crippen molar-refractivity contribution in [2.75, 3.05) is 6.54 Å². The molecule has 1 heterocycles. The second-order valence-corrected chi connectivity index (χ2v) is 8.71. The van der Waals surface area contributed by atoms with E-state index in [4.69, 9.17) is 5.11 Å². The minimum absolute atomic E-state index is 0.143. The first kappa shape index (κ1) is 24.1. The van der Waals surface area contributed by atoms with E-state index in [1.54, 1.807) is 6.07 Å². The van der Waals surface area contributed by atoms with Crippen LogP contribution in [0.2, 0.25) is 0 Å². The Bertz CT molecular complexity index is 1110. The van der Waals surface area contributed by atoms with Crippen molar-refractivity contribution in [2.24, 2.45) is 0 Å². The van der Waals surface area contributed by atoms with Crippen molar-refractivity contribution < 1.29 is 24.3 Å². The van der Waals surface area contributed by atoms with E-state index in [9.17, 15) is 19.2 Å².